The highest BCUT2D eigenvalue weighted by Crippen LogP contribution is 2.21. The molecule has 2 heterocycles. The number of nitrogens with zero attached hydrogens (tertiary/aromatic N) is 3. The zero-order valence-electron chi connectivity index (χ0n) is 14.0. The van der Waals surface area contributed by atoms with Crippen LogP contribution in [0.5, 0.6) is 0 Å². The van der Waals surface area contributed by atoms with Gasteiger partial charge in [0.1, 0.15) is 5.57 Å². The highest BCUT2D eigenvalue weighted by atomic mass is 16.4. The van der Waals surface area contributed by atoms with Gasteiger partial charge in [0.15, 0.2) is 0 Å². The van der Waals surface area contributed by atoms with E-state index in [1.54, 1.807) is 35.0 Å². The fourth-order valence-electron chi connectivity index (χ4n) is 2.66. The second kappa shape index (κ2) is 6.32. The van der Waals surface area contributed by atoms with Crippen LogP contribution >= 0.6 is 0 Å². The van der Waals surface area contributed by atoms with Gasteiger partial charge in [0.05, 0.1) is 5.56 Å². The van der Waals surface area contributed by atoms with Crippen LogP contribution in [0.25, 0.3) is 11.8 Å². The summed E-state index contributed by atoms with van der Waals surface area (Å²) in [5, 5.41) is 9.14. The Labute approximate surface area is 148 Å². The molecule has 1 aromatic carbocycles. The van der Waals surface area contributed by atoms with E-state index in [0.717, 1.165) is 9.80 Å². The number of aromatic nitrogens is 1. The number of benzene rings is 1. The number of urea groups is 1. The van der Waals surface area contributed by atoms with Crippen LogP contribution < -0.4 is 0 Å². The van der Waals surface area contributed by atoms with Gasteiger partial charge in [0.2, 0.25) is 0 Å². The van der Waals surface area contributed by atoms with E-state index in [4.69, 9.17) is 5.11 Å². The van der Waals surface area contributed by atoms with Crippen molar-refractivity contribution in [3.8, 4) is 5.69 Å². The molecule has 0 aliphatic carbocycles. The normalized spacial score (nSPS) is 14.8. The second-order valence-electron chi connectivity index (χ2n) is 5.73. The van der Waals surface area contributed by atoms with Gasteiger partial charge in [0, 0.05) is 31.7 Å². The Morgan fingerprint density at radius 1 is 1.00 bits per heavy atom. The maximum absolute atomic E-state index is 12.3. The molecule has 132 valence electrons. The number of carbonyl (C=O) groups excluding carboxylic acids is 3. The molecular formula is C18H15N3O5. The largest absolute Gasteiger partial charge is 0.478 e. The highest BCUT2D eigenvalue weighted by molar-refractivity contribution is 6.30. The van der Waals surface area contributed by atoms with Crippen molar-refractivity contribution in [2.24, 2.45) is 0 Å². The van der Waals surface area contributed by atoms with Crippen molar-refractivity contribution < 1.29 is 24.3 Å². The topological polar surface area (TPSA) is 99.9 Å². The summed E-state index contributed by atoms with van der Waals surface area (Å²) in [6, 6.07) is 8.95. The number of likely N-dealkylation sites (N-methyl/N-ethyl adjacent to an activating group) is 2. The van der Waals surface area contributed by atoms with Gasteiger partial charge in [-0.2, -0.15) is 0 Å². The van der Waals surface area contributed by atoms with Crippen LogP contribution in [0.4, 0.5) is 4.79 Å². The number of amides is 4. The molecule has 4 amide bonds. The van der Waals surface area contributed by atoms with Crippen molar-refractivity contribution in [2.45, 2.75) is 0 Å². The first-order valence-corrected chi connectivity index (χ1v) is 7.64. The number of hydrogen-bond acceptors (Lipinski definition) is 4. The Bertz CT molecular complexity index is 947. The van der Waals surface area contributed by atoms with Gasteiger partial charge in [-0.25, -0.2) is 9.59 Å². The van der Waals surface area contributed by atoms with Gasteiger partial charge in [-0.1, -0.05) is 6.07 Å². The average molecular weight is 353 g/mol. The van der Waals surface area contributed by atoms with Crippen molar-refractivity contribution in [1.82, 2.24) is 14.4 Å². The molecule has 1 aliphatic heterocycles. The fraction of sp³-hybridized carbons (Fsp3) is 0.111. The van der Waals surface area contributed by atoms with E-state index >= 15 is 0 Å². The molecule has 0 spiro atoms. The average Bonchev–Trinajstić information content (AvgIpc) is 3.10. The Hall–Kier alpha value is -3.68. The molecule has 0 saturated carbocycles. The van der Waals surface area contributed by atoms with Crippen molar-refractivity contribution in [1.29, 1.82) is 0 Å². The van der Waals surface area contributed by atoms with E-state index in [0.29, 0.717) is 11.4 Å². The number of imide groups is 2. The minimum Gasteiger partial charge on any atom is -0.478 e. The van der Waals surface area contributed by atoms with E-state index in [-0.39, 0.29) is 11.1 Å². The molecule has 1 N–H and O–H groups in total. The molecule has 1 fully saturated rings. The summed E-state index contributed by atoms with van der Waals surface area (Å²) in [5.41, 5.74) is 1.03. The van der Waals surface area contributed by atoms with Crippen molar-refractivity contribution in [3.05, 3.63) is 59.4 Å². The molecule has 0 unspecified atom stereocenters. The van der Waals surface area contributed by atoms with Crippen LogP contribution in [0.2, 0.25) is 0 Å². The first kappa shape index (κ1) is 17.2. The lowest BCUT2D eigenvalue weighted by Crippen LogP contribution is -2.52. The summed E-state index contributed by atoms with van der Waals surface area (Å²) in [4.78, 5) is 49.3. The molecule has 1 aliphatic rings. The van der Waals surface area contributed by atoms with Gasteiger partial charge in [0.25, 0.3) is 11.8 Å². The Morgan fingerprint density at radius 2 is 1.65 bits per heavy atom. The zero-order chi connectivity index (χ0) is 19.0. The minimum absolute atomic E-state index is 0.115. The number of rotatable bonds is 3. The third-order valence-electron chi connectivity index (χ3n) is 4.09. The van der Waals surface area contributed by atoms with Crippen LogP contribution in [-0.2, 0) is 9.59 Å². The molecule has 0 radical (unpaired) electrons. The predicted molar refractivity (Wildman–Crippen MR) is 91.6 cm³/mol. The van der Waals surface area contributed by atoms with Gasteiger partial charge >= 0.3 is 12.0 Å². The summed E-state index contributed by atoms with van der Waals surface area (Å²) in [6.45, 7) is 0. The smallest absolute Gasteiger partial charge is 0.335 e. The molecule has 0 bridgehead atoms. The summed E-state index contributed by atoms with van der Waals surface area (Å²) >= 11 is 0. The van der Waals surface area contributed by atoms with E-state index in [1.165, 1.54) is 32.3 Å². The van der Waals surface area contributed by atoms with Crippen molar-refractivity contribution in [2.75, 3.05) is 14.1 Å². The number of carbonyl (C=O) groups is 4. The molecule has 0 atom stereocenters. The zero-order valence-corrected chi connectivity index (χ0v) is 14.0. The molecule has 1 saturated heterocycles. The van der Waals surface area contributed by atoms with E-state index in [1.807, 2.05) is 0 Å². The highest BCUT2D eigenvalue weighted by Gasteiger charge is 2.37. The number of carboxylic acids is 1. The molecule has 8 nitrogen and oxygen atoms in total. The summed E-state index contributed by atoms with van der Waals surface area (Å²) in [5.74, 6) is -2.44. The molecule has 8 heteroatoms. The lowest BCUT2D eigenvalue weighted by atomic mass is 10.1. The number of hydrogen-bond donors (Lipinski definition) is 1. The van der Waals surface area contributed by atoms with Crippen molar-refractivity contribution in [3.63, 3.8) is 0 Å². The lowest BCUT2D eigenvalue weighted by molar-refractivity contribution is -0.134. The van der Waals surface area contributed by atoms with Crippen molar-refractivity contribution >= 4 is 29.9 Å². The molecular weight excluding hydrogens is 338 g/mol. The number of barbiturate groups is 1. The predicted octanol–water partition coefficient (Wildman–Crippen LogP) is 1.61. The second-order valence-corrected chi connectivity index (χ2v) is 5.73. The molecule has 3 rings (SSSR count). The monoisotopic (exact) mass is 353 g/mol. The van der Waals surface area contributed by atoms with Crippen LogP contribution in [0.1, 0.15) is 16.1 Å². The summed E-state index contributed by atoms with van der Waals surface area (Å²) in [7, 11) is 2.60. The number of aromatic carboxylic acids is 1. The first-order chi connectivity index (χ1) is 12.3. The number of carboxylic acid groups (broad SMARTS) is 1. The van der Waals surface area contributed by atoms with E-state index < -0.39 is 23.8 Å². The van der Waals surface area contributed by atoms with Crippen LogP contribution in [0, 0.1) is 0 Å². The molecule has 1 aromatic heterocycles. The Balaban J connectivity index is 2.06. The van der Waals surface area contributed by atoms with Gasteiger partial charge in [-0.15, -0.1) is 0 Å². The maximum atomic E-state index is 12.3. The standard InChI is InChI=1S/C18H15N3O5/c1-19-15(22)14(16(23)20(2)18(19)26)10-13-7-4-8-21(13)12-6-3-5-11(9-12)17(24)25/h3-10H,1-2H3,(H,24,25). The first-order valence-electron chi connectivity index (χ1n) is 7.64. The van der Waals surface area contributed by atoms with Gasteiger partial charge in [-0.05, 0) is 36.4 Å². The maximum Gasteiger partial charge on any atom is 0.335 e. The SMILES string of the molecule is CN1C(=O)C(=Cc2cccn2-c2cccc(C(=O)O)c2)C(=O)N(C)C1=O. The quantitative estimate of drug-likeness (QED) is 0.667. The van der Waals surface area contributed by atoms with Crippen LogP contribution in [-0.4, -0.2) is 57.4 Å². The third kappa shape index (κ3) is 2.77. The Kier molecular flexibility index (Phi) is 4.17. The minimum atomic E-state index is -1.06. The summed E-state index contributed by atoms with van der Waals surface area (Å²) in [6.07, 6.45) is 3.07. The summed E-state index contributed by atoms with van der Waals surface area (Å²) < 4.78 is 1.65. The van der Waals surface area contributed by atoms with Gasteiger partial charge in [-0.3, -0.25) is 19.4 Å². The van der Waals surface area contributed by atoms with E-state index in [2.05, 4.69) is 0 Å². The van der Waals surface area contributed by atoms with E-state index in [9.17, 15) is 19.2 Å². The molecule has 26 heavy (non-hydrogen) atoms. The third-order valence-corrected chi connectivity index (χ3v) is 4.09. The van der Waals surface area contributed by atoms with Crippen LogP contribution in [0.15, 0.2) is 48.2 Å². The fourth-order valence-corrected chi connectivity index (χ4v) is 2.66. The lowest BCUT2D eigenvalue weighted by Gasteiger charge is -2.28. The van der Waals surface area contributed by atoms with Gasteiger partial charge < -0.3 is 9.67 Å². The Morgan fingerprint density at radius 3 is 2.27 bits per heavy atom. The molecule has 2 aromatic rings. The van der Waals surface area contributed by atoms with Crippen LogP contribution in [0.3, 0.4) is 0 Å².